The van der Waals surface area contributed by atoms with Crippen LogP contribution in [0.25, 0.3) is 0 Å². The predicted molar refractivity (Wildman–Crippen MR) is 74.3 cm³/mol. The maximum atomic E-state index is 11.1. The minimum Gasteiger partial charge on any atom is -0.377 e. The van der Waals surface area contributed by atoms with Gasteiger partial charge in [0, 0.05) is 19.2 Å². The summed E-state index contributed by atoms with van der Waals surface area (Å²) in [6, 6.07) is 0. The molecule has 0 bridgehead atoms. The number of nitrogens with zero attached hydrogens (tertiary/aromatic N) is 3. The Labute approximate surface area is 119 Å². The summed E-state index contributed by atoms with van der Waals surface area (Å²) in [5.41, 5.74) is 0.901. The molecule has 7 nitrogen and oxygen atoms in total. The lowest BCUT2D eigenvalue weighted by molar-refractivity contribution is -0.121. The lowest BCUT2D eigenvalue weighted by Gasteiger charge is -2.07. The SMILES string of the molecule is CCCC(=O)NCCOCCOCCn1cc(C)nn1. The summed E-state index contributed by atoms with van der Waals surface area (Å²) < 4.78 is 12.5. The molecule has 114 valence electrons. The van der Waals surface area contributed by atoms with Gasteiger partial charge in [-0.25, -0.2) is 4.68 Å². The van der Waals surface area contributed by atoms with Gasteiger partial charge in [0.25, 0.3) is 0 Å². The smallest absolute Gasteiger partial charge is 0.220 e. The van der Waals surface area contributed by atoms with Crippen molar-refractivity contribution in [1.29, 1.82) is 0 Å². The maximum Gasteiger partial charge on any atom is 0.220 e. The molecule has 1 aromatic rings. The molecule has 0 spiro atoms. The van der Waals surface area contributed by atoms with Gasteiger partial charge in [0.05, 0.1) is 38.7 Å². The fourth-order valence-corrected chi connectivity index (χ4v) is 1.56. The van der Waals surface area contributed by atoms with Crippen molar-refractivity contribution < 1.29 is 14.3 Å². The van der Waals surface area contributed by atoms with Crippen LogP contribution in [-0.4, -0.2) is 53.9 Å². The van der Waals surface area contributed by atoms with Crippen molar-refractivity contribution in [2.75, 3.05) is 33.0 Å². The Bertz CT molecular complexity index is 381. The van der Waals surface area contributed by atoms with E-state index in [2.05, 4.69) is 15.6 Å². The van der Waals surface area contributed by atoms with Crippen LogP contribution in [0, 0.1) is 6.92 Å². The summed E-state index contributed by atoms with van der Waals surface area (Å²) in [5.74, 6) is 0.0791. The first-order valence-corrected chi connectivity index (χ1v) is 7.01. The molecule has 0 aliphatic rings. The summed E-state index contributed by atoms with van der Waals surface area (Å²) in [4.78, 5) is 11.1. The molecule has 7 heteroatoms. The molecule has 1 rings (SSSR count). The van der Waals surface area contributed by atoms with Gasteiger partial charge >= 0.3 is 0 Å². The van der Waals surface area contributed by atoms with E-state index in [1.165, 1.54) is 0 Å². The minimum atomic E-state index is 0.0791. The highest BCUT2D eigenvalue weighted by Crippen LogP contribution is 1.90. The summed E-state index contributed by atoms with van der Waals surface area (Å²) in [6.45, 7) is 7.29. The van der Waals surface area contributed by atoms with Crippen LogP contribution in [0.3, 0.4) is 0 Å². The third kappa shape index (κ3) is 7.85. The molecule has 1 aromatic heterocycles. The molecule has 20 heavy (non-hydrogen) atoms. The maximum absolute atomic E-state index is 11.1. The van der Waals surface area contributed by atoms with E-state index in [1.807, 2.05) is 20.0 Å². The number of rotatable bonds is 11. The first-order chi connectivity index (χ1) is 9.72. The lowest BCUT2D eigenvalue weighted by Crippen LogP contribution is -2.27. The highest BCUT2D eigenvalue weighted by atomic mass is 16.5. The molecule has 0 aromatic carbocycles. The van der Waals surface area contributed by atoms with Crippen LogP contribution < -0.4 is 5.32 Å². The van der Waals surface area contributed by atoms with E-state index in [0.717, 1.165) is 12.1 Å². The highest BCUT2D eigenvalue weighted by molar-refractivity contribution is 5.75. The molecule has 0 saturated carbocycles. The van der Waals surface area contributed by atoms with Crippen LogP contribution >= 0.6 is 0 Å². The summed E-state index contributed by atoms with van der Waals surface area (Å²) >= 11 is 0. The van der Waals surface area contributed by atoms with Gasteiger partial charge in [-0.2, -0.15) is 0 Å². The first kappa shape index (κ1) is 16.6. The van der Waals surface area contributed by atoms with Crippen molar-refractivity contribution in [3.8, 4) is 0 Å². The molecule has 1 heterocycles. The second-order valence-corrected chi connectivity index (χ2v) is 4.45. The number of carbonyl (C=O) groups excluding carboxylic acids is 1. The second kappa shape index (κ2) is 10.3. The first-order valence-electron chi connectivity index (χ1n) is 7.01. The third-order valence-corrected chi connectivity index (χ3v) is 2.54. The molecule has 0 fully saturated rings. The monoisotopic (exact) mass is 284 g/mol. The molecule has 0 atom stereocenters. The predicted octanol–water partition coefficient (Wildman–Crippen LogP) is 0.536. The zero-order valence-corrected chi connectivity index (χ0v) is 12.3. The molecular formula is C13H24N4O3. The van der Waals surface area contributed by atoms with Gasteiger partial charge in [-0.1, -0.05) is 12.1 Å². The van der Waals surface area contributed by atoms with E-state index < -0.39 is 0 Å². The van der Waals surface area contributed by atoms with Crippen LogP contribution in [0.5, 0.6) is 0 Å². The van der Waals surface area contributed by atoms with Crippen molar-refractivity contribution in [2.24, 2.45) is 0 Å². The van der Waals surface area contributed by atoms with Gasteiger partial charge < -0.3 is 14.8 Å². The molecule has 0 unspecified atom stereocenters. The van der Waals surface area contributed by atoms with Crippen LogP contribution in [0.2, 0.25) is 0 Å². The molecule has 0 radical (unpaired) electrons. The Morgan fingerprint density at radius 1 is 1.30 bits per heavy atom. The van der Waals surface area contributed by atoms with Crippen LogP contribution in [0.4, 0.5) is 0 Å². The number of amides is 1. The van der Waals surface area contributed by atoms with E-state index in [0.29, 0.717) is 45.9 Å². The number of hydrogen-bond donors (Lipinski definition) is 1. The highest BCUT2D eigenvalue weighted by Gasteiger charge is 1.98. The largest absolute Gasteiger partial charge is 0.377 e. The van der Waals surface area contributed by atoms with Crippen molar-refractivity contribution in [2.45, 2.75) is 33.2 Å². The standard InChI is InChI=1S/C13H24N4O3/c1-3-4-13(18)14-5-7-19-9-10-20-8-6-17-11-12(2)15-16-17/h11H,3-10H2,1-2H3,(H,14,18). The molecule has 0 aliphatic heterocycles. The molecule has 0 saturated heterocycles. The molecule has 0 aliphatic carbocycles. The van der Waals surface area contributed by atoms with Crippen molar-refractivity contribution in [1.82, 2.24) is 20.3 Å². The van der Waals surface area contributed by atoms with Gasteiger partial charge in [0.1, 0.15) is 0 Å². The normalized spacial score (nSPS) is 10.7. The Kier molecular flexibility index (Phi) is 8.57. The average Bonchev–Trinajstić information content (AvgIpc) is 2.83. The molecule has 1 N–H and O–H groups in total. The quantitative estimate of drug-likeness (QED) is 0.600. The number of aromatic nitrogens is 3. The van der Waals surface area contributed by atoms with Crippen LogP contribution in [0.15, 0.2) is 6.20 Å². The number of aryl methyl sites for hydroxylation is 1. The zero-order valence-electron chi connectivity index (χ0n) is 12.3. The Morgan fingerprint density at radius 2 is 2.05 bits per heavy atom. The third-order valence-electron chi connectivity index (χ3n) is 2.54. The minimum absolute atomic E-state index is 0.0791. The van der Waals surface area contributed by atoms with Gasteiger partial charge in [0.15, 0.2) is 0 Å². The van der Waals surface area contributed by atoms with Crippen LogP contribution in [-0.2, 0) is 20.8 Å². The summed E-state index contributed by atoms with van der Waals surface area (Å²) in [6.07, 6.45) is 3.32. The van der Waals surface area contributed by atoms with Gasteiger partial charge in [-0.05, 0) is 13.3 Å². The number of ether oxygens (including phenoxy) is 2. The molecular weight excluding hydrogens is 260 g/mol. The fourth-order valence-electron chi connectivity index (χ4n) is 1.56. The van der Waals surface area contributed by atoms with Gasteiger partial charge in [0.2, 0.25) is 5.91 Å². The number of carbonyl (C=O) groups is 1. The van der Waals surface area contributed by atoms with Gasteiger partial charge in [-0.15, -0.1) is 5.10 Å². The topological polar surface area (TPSA) is 78.3 Å². The van der Waals surface area contributed by atoms with E-state index in [-0.39, 0.29) is 5.91 Å². The lowest BCUT2D eigenvalue weighted by atomic mass is 10.3. The van der Waals surface area contributed by atoms with Crippen molar-refractivity contribution in [3.63, 3.8) is 0 Å². The Morgan fingerprint density at radius 3 is 2.70 bits per heavy atom. The fraction of sp³-hybridized carbons (Fsp3) is 0.769. The Balaban J connectivity index is 1.84. The van der Waals surface area contributed by atoms with Crippen LogP contribution in [0.1, 0.15) is 25.5 Å². The van der Waals surface area contributed by atoms with E-state index >= 15 is 0 Å². The van der Waals surface area contributed by atoms with E-state index in [1.54, 1.807) is 4.68 Å². The summed E-state index contributed by atoms with van der Waals surface area (Å²) in [5, 5.41) is 10.6. The van der Waals surface area contributed by atoms with E-state index in [9.17, 15) is 4.79 Å². The number of hydrogen-bond acceptors (Lipinski definition) is 5. The zero-order chi connectivity index (χ0) is 14.6. The molecule has 1 amide bonds. The van der Waals surface area contributed by atoms with Gasteiger partial charge in [-0.3, -0.25) is 4.79 Å². The Hall–Kier alpha value is -1.47. The number of nitrogens with one attached hydrogen (secondary N) is 1. The van der Waals surface area contributed by atoms with E-state index in [4.69, 9.17) is 9.47 Å². The average molecular weight is 284 g/mol. The summed E-state index contributed by atoms with van der Waals surface area (Å²) in [7, 11) is 0. The van der Waals surface area contributed by atoms with Crippen molar-refractivity contribution >= 4 is 5.91 Å². The van der Waals surface area contributed by atoms with Crippen molar-refractivity contribution in [3.05, 3.63) is 11.9 Å². The second-order valence-electron chi connectivity index (χ2n) is 4.45.